The van der Waals surface area contributed by atoms with Crippen LogP contribution in [-0.4, -0.2) is 5.91 Å². The number of rotatable bonds is 4. The first-order valence-corrected chi connectivity index (χ1v) is 8.00. The van der Waals surface area contributed by atoms with Crippen LogP contribution in [0.4, 0.5) is 0 Å². The molecule has 1 heterocycles. The van der Waals surface area contributed by atoms with Crippen molar-refractivity contribution in [3.05, 3.63) is 50.1 Å². The highest BCUT2D eigenvalue weighted by Crippen LogP contribution is 2.21. The highest BCUT2D eigenvalue weighted by Gasteiger charge is 2.10. The third-order valence-corrected chi connectivity index (χ3v) is 4.88. The van der Waals surface area contributed by atoms with Crippen LogP contribution >= 0.6 is 39.9 Å². The topological polar surface area (TPSA) is 29.1 Å². The Morgan fingerprint density at radius 1 is 1.32 bits per heavy atom. The van der Waals surface area contributed by atoms with Crippen molar-refractivity contribution >= 4 is 45.8 Å². The first kappa shape index (κ1) is 14.6. The minimum Gasteiger partial charge on any atom is -0.347 e. The Labute approximate surface area is 130 Å². The van der Waals surface area contributed by atoms with E-state index in [1.165, 1.54) is 9.75 Å². The number of thiol groups is 1. The van der Waals surface area contributed by atoms with Crippen molar-refractivity contribution in [3.8, 4) is 0 Å². The maximum absolute atomic E-state index is 12.1. The van der Waals surface area contributed by atoms with Gasteiger partial charge in [0.2, 0.25) is 0 Å². The molecule has 0 aliphatic heterocycles. The zero-order valence-corrected chi connectivity index (χ0v) is 13.7. The van der Waals surface area contributed by atoms with Gasteiger partial charge in [0.15, 0.2) is 0 Å². The van der Waals surface area contributed by atoms with Gasteiger partial charge in [0.25, 0.3) is 5.91 Å². The van der Waals surface area contributed by atoms with E-state index in [4.69, 9.17) is 0 Å². The van der Waals surface area contributed by atoms with Crippen LogP contribution in [0.3, 0.4) is 0 Å². The fourth-order valence-corrected chi connectivity index (χ4v) is 3.19. The minimum atomic E-state index is -0.0887. The normalized spacial score (nSPS) is 10.5. The van der Waals surface area contributed by atoms with E-state index < -0.39 is 0 Å². The van der Waals surface area contributed by atoms with Crippen LogP contribution in [-0.2, 0) is 13.0 Å². The van der Waals surface area contributed by atoms with Crippen LogP contribution < -0.4 is 5.32 Å². The quantitative estimate of drug-likeness (QED) is 0.786. The van der Waals surface area contributed by atoms with Crippen molar-refractivity contribution in [2.75, 3.05) is 0 Å². The average molecular weight is 356 g/mol. The zero-order chi connectivity index (χ0) is 13.8. The van der Waals surface area contributed by atoms with Gasteiger partial charge in [0, 0.05) is 19.1 Å². The Bertz CT molecular complexity index is 595. The minimum absolute atomic E-state index is 0.0887. The van der Waals surface area contributed by atoms with Crippen molar-refractivity contribution in [2.24, 2.45) is 0 Å². The molecular weight excluding hydrogens is 342 g/mol. The number of thiophene rings is 1. The molecule has 19 heavy (non-hydrogen) atoms. The number of aryl methyl sites for hydroxylation is 1. The lowest BCUT2D eigenvalue weighted by atomic mass is 10.2. The summed E-state index contributed by atoms with van der Waals surface area (Å²) in [4.78, 5) is 15.4. The molecule has 0 unspecified atom stereocenters. The lowest BCUT2D eigenvalue weighted by molar-refractivity contribution is 0.0950. The number of halogens is 1. The van der Waals surface area contributed by atoms with Gasteiger partial charge >= 0.3 is 0 Å². The van der Waals surface area contributed by atoms with Crippen LogP contribution in [0.5, 0.6) is 0 Å². The highest BCUT2D eigenvalue weighted by molar-refractivity contribution is 9.10. The molecule has 100 valence electrons. The predicted molar refractivity (Wildman–Crippen MR) is 86.3 cm³/mol. The number of amides is 1. The van der Waals surface area contributed by atoms with E-state index in [-0.39, 0.29) is 5.91 Å². The second kappa shape index (κ2) is 6.59. The molecule has 1 amide bonds. The van der Waals surface area contributed by atoms with Crippen LogP contribution in [0.25, 0.3) is 0 Å². The predicted octanol–water partition coefficient (Wildman–Crippen LogP) is 4.29. The second-order valence-electron chi connectivity index (χ2n) is 4.07. The fourth-order valence-electron chi connectivity index (χ4n) is 1.66. The molecule has 0 spiro atoms. The Morgan fingerprint density at radius 2 is 2.05 bits per heavy atom. The summed E-state index contributed by atoms with van der Waals surface area (Å²) in [5, 5.41) is 2.93. The van der Waals surface area contributed by atoms with Gasteiger partial charge in [0.1, 0.15) is 0 Å². The summed E-state index contributed by atoms with van der Waals surface area (Å²) < 4.78 is 0.781. The Hall–Kier alpha value is -0.780. The maximum atomic E-state index is 12.1. The first-order valence-electron chi connectivity index (χ1n) is 5.94. The summed E-state index contributed by atoms with van der Waals surface area (Å²) in [6, 6.07) is 9.60. The molecule has 0 saturated heterocycles. The molecule has 0 aliphatic rings. The van der Waals surface area contributed by atoms with Gasteiger partial charge in [0.05, 0.1) is 12.1 Å². The molecule has 5 heteroatoms. The van der Waals surface area contributed by atoms with E-state index in [0.29, 0.717) is 12.1 Å². The summed E-state index contributed by atoms with van der Waals surface area (Å²) in [6.07, 6.45) is 1.03. The molecule has 0 aliphatic carbocycles. The van der Waals surface area contributed by atoms with Crippen molar-refractivity contribution in [1.82, 2.24) is 5.32 Å². The number of benzene rings is 1. The number of hydrogen-bond donors (Lipinski definition) is 2. The van der Waals surface area contributed by atoms with Gasteiger partial charge in [-0.3, -0.25) is 4.79 Å². The molecule has 0 bridgehead atoms. The summed E-state index contributed by atoms with van der Waals surface area (Å²) in [7, 11) is 0. The molecule has 0 saturated carbocycles. The van der Waals surface area contributed by atoms with E-state index in [1.54, 1.807) is 17.4 Å². The molecule has 1 N–H and O–H groups in total. The molecule has 0 fully saturated rings. The Kier molecular flexibility index (Phi) is 5.07. The lowest BCUT2D eigenvalue weighted by Gasteiger charge is -2.06. The molecule has 1 aromatic heterocycles. The first-order chi connectivity index (χ1) is 9.10. The van der Waals surface area contributed by atoms with Gasteiger partial charge in [-0.1, -0.05) is 6.92 Å². The molecule has 0 atom stereocenters. The van der Waals surface area contributed by atoms with Gasteiger partial charge in [-0.25, -0.2) is 0 Å². The second-order valence-corrected chi connectivity index (χ2v) is 6.69. The van der Waals surface area contributed by atoms with Gasteiger partial charge in [-0.05, 0) is 52.7 Å². The van der Waals surface area contributed by atoms with Crippen LogP contribution in [0.2, 0.25) is 0 Å². The molecule has 1 aromatic carbocycles. The van der Waals surface area contributed by atoms with Gasteiger partial charge < -0.3 is 5.32 Å². The van der Waals surface area contributed by atoms with Crippen LogP contribution in [0.15, 0.2) is 39.7 Å². The van der Waals surface area contributed by atoms with E-state index in [9.17, 15) is 4.79 Å². The number of hydrogen-bond acceptors (Lipinski definition) is 3. The third-order valence-electron chi connectivity index (χ3n) is 2.68. The fraction of sp³-hybridized carbons (Fsp3) is 0.214. The van der Waals surface area contributed by atoms with E-state index in [0.717, 1.165) is 15.8 Å². The monoisotopic (exact) mass is 355 g/mol. The third kappa shape index (κ3) is 3.84. The molecule has 2 rings (SSSR count). The highest BCUT2D eigenvalue weighted by atomic mass is 79.9. The van der Waals surface area contributed by atoms with E-state index in [2.05, 4.69) is 52.9 Å². The van der Waals surface area contributed by atoms with Crippen molar-refractivity contribution < 1.29 is 4.79 Å². The zero-order valence-electron chi connectivity index (χ0n) is 10.4. The standard InChI is InChI=1S/C14H14BrNOS2/c1-2-10-4-5-11(19-10)8-16-14(17)12-7-9(18)3-6-13(12)15/h3-7,18H,2,8H2,1H3,(H,16,17). The van der Waals surface area contributed by atoms with Crippen LogP contribution in [0.1, 0.15) is 27.0 Å². The summed E-state index contributed by atoms with van der Waals surface area (Å²) in [6.45, 7) is 2.69. The summed E-state index contributed by atoms with van der Waals surface area (Å²) in [5.41, 5.74) is 0.611. The lowest BCUT2D eigenvalue weighted by Crippen LogP contribution is -2.22. The summed E-state index contributed by atoms with van der Waals surface area (Å²) in [5.74, 6) is -0.0887. The molecule has 2 nitrogen and oxygen atoms in total. The molecule has 2 aromatic rings. The van der Waals surface area contributed by atoms with Crippen molar-refractivity contribution in [3.63, 3.8) is 0 Å². The SMILES string of the molecule is CCc1ccc(CNC(=O)c2cc(S)ccc2Br)s1. The van der Waals surface area contributed by atoms with E-state index >= 15 is 0 Å². The number of carbonyl (C=O) groups is 1. The smallest absolute Gasteiger partial charge is 0.252 e. The Morgan fingerprint density at radius 3 is 2.74 bits per heavy atom. The average Bonchev–Trinajstić information content (AvgIpc) is 2.87. The number of carbonyl (C=O) groups excluding carboxylic acids is 1. The molecular formula is C14H14BrNOS2. The summed E-state index contributed by atoms with van der Waals surface area (Å²) >= 11 is 9.37. The Balaban J connectivity index is 2.03. The maximum Gasteiger partial charge on any atom is 0.252 e. The van der Waals surface area contributed by atoms with Crippen LogP contribution in [0, 0.1) is 0 Å². The molecule has 0 radical (unpaired) electrons. The van der Waals surface area contributed by atoms with Crippen molar-refractivity contribution in [2.45, 2.75) is 24.8 Å². The number of nitrogens with one attached hydrogen (secondary N) is 1. The van der Waals surface area contributed by atoms with Gasteiger partial charge in [-0.15, -0.1) is 24.0 Å². The van der Waals surface area contributed by atoms with Crippen molar-refractivity contribution in [1.29, 1.82) is 0 Å². The van der Waals surface area contributed by atoms with E-state index in [1.807, 2.05) is 12.1 Å². The van der Waals surface area contributed by atoms with Gasteiger partial charge in [-0.2, -0.15) is 0 Å². The largest absolute Gasteiger partial charge is 0.347 e.